The van der Waals surface area contributed by atoms with Gasteiger partial charge in [0.05, 0.1) is 10.6 Å². The molecule has 0 atom stereocenters. The van der Waals surface area contributed by atoms with Crippen LogP contribution in [0.15, 0.2) is 36.4 Å². The van der Waals surface area contributed by atoms with Crippen molar-refractivity contribution < 1.29 is 26.7 Å². The Balaban J connectivity index is 2.49. The highest BCUT2D eigenvalue weighted by Gasteiger charge is 2.34. The van der Waals surface area contributed by atoms with E-state index in [1.807, 2.05) is 0 Å². The summed E-state index contributed by atoms with van der Waals surface area (Å²) < 4.78 is 63.8. The molecule has 0 saturated heterocycles. The van der Waals surface area contributed by atoms with E-state index in [2.05, 4.69) is 0 Å². The first kappa shape index (κ1) is 15.4. The number of alkyl halides is 3. The lowest BCUT2D eigenvalue weighted by atomic mass is 10.0. The van der Waals surface area contributed by atoms with Crippen LogP contribution in [-0.2, 0) is 6.18 Å². The van der Waals surface area contributed by atoms with Crippen LogP contribution in [0.2, 0.25) is 5.02 Å². The fourth-order valence-corrected chi connectivity index (χ4v) is 1.97. The number of hydrogen-bond acceptors (Lipinski definition) is 1. The van der Waals surface area contributed by atoms with E-state index in [4.69, 9.17) is 11.6 Å². The fourth-order valence-electron chi connectivity index (χ4n) is 1.71. The van der Waals surface area contributed by atoms with Gasteiger partial charge in [-0.05, 0) is 36.4 Å². The van der Waals surface area contributed by atoms with Crippen LogP contribution in [0.25, 0.3) is 0 Å². The molecular weight excluding hydrogens is 315 g/mol. The molecule has 0 aromatic heterocycles. The lowest BCUT2D eigenvalue weighted by Crippen LogP contribution is -2.11. The lowest BCUT2D eigenvalue weighted by molar-refractivity contribution is -0.140. The van der Waals surface area contributed by atoms with Gasteiger partial charge in [-0.25, -0.2) is 8.78 Å². The third kappa shape index (κ3) is 3.21. The van der Waals surface area contributed by atoms with E-state index < -0.39 is 34.7 Å². The van der Waals surface area contributed by atoms with Crippen molar-refractivity contribution in [1.82, 2.24) is 0 Å². The van der Waals surface area contributed by atoms with E-state index in [-0.39, 0.29) is 10.6 Å². The monoisotopic (exact) mass is 320 g/mol. The zero-order valence-electron chi connectivity index (χ0n) is 10.1. The maximum atomic E-state index is 13.2. The molecule has 7 heteroatoms. The Labute approximate surface area is 121 Å². The molecule has 2 aromatic carbocycles. The quantitative estimate of drug-likeness (QED) is 0.570. The van der Waals surface area contributed by atoms with Crippen LogP contribution in [0.4, 0.5) is 22.0 Å². The average Bonchev–Trinajstić information content (AvgIpc) is 2.37. The summed E-state index contributed by atoms with van der Waals surface area (Å²) in [5.41, 5.74) is -2.11. The number of carbonyl (C=O) groups excluding carboxylic acids is 1. The maximum Gasteiger partial charge on any atom is 0.419 e. The maximum absolute atomic E-state index is 13.2. The van der Waals surface area contributed by atoms with Crippen LogP contribution >= 0.6 is 11.6 Å². The van der Waals surface area contributed by atoms with Crippen LogP contribution in [0.5, 0.6) is 0 Å². The molecule has 0 bridgehead atoms. The lowest BCUT2D eigenvalue weighted by Gasteiger charge is -2.10. The Morgan fingerprint density at radius 2 is 1.67 bits per heavy atom. The van der Waals surface area contributed by atoms with Gasteiger partial charge in [0.2, 0.25) is 0 Å². The van der Waals surface area contributed by atoms with Crippen molar-refractivity contribution >= 4 is 17.4 Å². The highest BCUT2D eigenvalue weighted by atomic mass is 35.5. The normalized spacial score (nSPS) is 11.5. The second kappa shape index (κ2) is 5.44. The molecule has 0 saturated carbocycles. The number of hydrogen-bond donors (Lipinski definition) is 0. The highest BCUT2D eigenvalue weighted by Crippen LogP contribution is 2.32. The molecule has 0 aliphatic rings. The number of ketones is 1. The third-order valence-electron chi connectivity index (χ3n) is 2.71. The molecule has 2 aromatic rings. The van der Waals surface area contributed by atoms with Gasteiger partial charge in [0.25, 0.3) is 0 Å². The average molecular weight is 321 g/mol. The van der Waals surface area contributed by atoms with Gasteiger partial charge in [-0.1, -0.05) is 11.6 Å². The Kier molecular flexibility index (Phi) is 4.00. The standard InChI is InChI=1S/C14H6ClF5O/c15-11-6-8(16)2-3-9(11)13(21)7-1-4-12(17)10(5-7)14(18,19)20/h1-6H. The first-order valence-electron chi connectivity index (χ1n) is 5.56. The summed E-state index contributed by atoms with van der Waals surface area (Å²) in [5, 5.41) is -0.238. The smallest absolute Gasteiger partial charge is 0.289 e. The van der Waals surface area contributed by atoms with Crippen LogP contribution in [-0.4, -0.2) is 5.78 Å². The molecule has 0 radical (unpaired) electrons. The molecule has 2 rings (SSSR count). The largest absolute Gasteiger partial charge is 0.419 e. The van der Waals surface area contributed by atoms with E-state index >= 15 is 0 Å². The number of benzene rings is 2. The summed E-state index contributed by atoms with van der Waals surface area (Å²) in [4.78, 5) is 12.1. The van der Waals surface area contributed by atoms with E-state index in [9.17, 15) is 26.7 Å². The summed E-state index contributed by atoms with van der Waals surface area (Å²) in [6.45, 7) is 0. The summed E-state index contributed by atoms with van der Waals surface area (Å²) >= 11 is 5.68. The SMILES string of the molecule is O=C(c1ccc(F)c(C(F)(F)F)c1)c1ccc(F)cc1Cl. The third-order valence-corrected chi connectivity index (χ3v) is 3.02. The van der Waals surface area contributed by atoms with Crippen LogP contribution < -0.4 is 0 Å². The van der Waals surface area contributed by atoms with Gasteiger partial charge >= 0.3 is 6.18 Å². The Bertz CT molecular complexity index is 709. The van der Waals surface area contributed by atoms with Crippen molar-refractivity contribution in [3.05, 3.63) is 69.7 Å². The van der Waals surface area contributed by atoms with Crippen LogP contribution in [0, 0.1) is 11.6 Å². The van der Waals surface area contributed by atoms with Crippen molar-refractivity contribution in [3.8, 4) is 0 Å². The van der Waals surface area contributed by atoms with E-state index in [1.165, 1.54) is 0 Å². The molecule has 0 aliphatic heterocycles. The van der Waals surface area contributed by atoms with Gasteiger partial charge in [-0.3, -0.25) is 4.79 Å². The molecule has 0 spiro atoms. The summed E-state index contributed by atoms with van der Waals surface area (Å²) in [6, 6.07) is 4.73. The van der Waals surface area contributed by atoms with Gasteiger partial charge < -0.3 is 0 Å². The zero-order valence-corrected chi connectivity index (χ0v) is 10.9. The van der Waals surface area contributed by atoms with Gasteiger partial charge in [-0.2, -0.15) is 13.2 Å². The number of rotatable bonds is 2. The number of halogens is 6. The second-order valence-electron chi connectivity index (χ2n) is 4.15. The molecule has 21 heavy (non-hydrogen) atoms. The van der Waals surface area contributed by atoms with Crippen molar-refractivity contribution in [3.63, 3.8) is 0 Å². The van der Waals surface area contributed by atoms with Crippen LogP contribution in [0.3, 0.4) is 0 Å². The van der Waals surface area contributed by atoms with Crippen molar-refractivity contribution in [2.75, 3.05) is 0 Å². The Hall–Kier alpha value is -1.95. The van der Waals surface area contributed by atoms with Gasteiger partial charge in [0.1, 0.15) is 11.6 Å². The predicted molar refractivity (Wildman–Crippen MR) is 66.2 cm³/mol. The van der Waals surface area contributed by atoms with Crippen molar-refractivity contribution in [1.29, 1.82) is 0 Å². The summed E-state index contributed by atoms with van der Waals surface area (Å²) in [6.07, 6.45) is -4.92. The van der Waals surface area contributed by atoms with Gasteiger partial charge in [0.15, 0.2) is 5.78 Å². The Morgan fingerprint density at radius 3 is 2.24 bits per heavy atom. The van der Waals surface area contributed by atoms with Crippen molar-refractivity contribution in [2.45, 2.75) is 6.18 Å². The minimum absolute atomic E-state index is 0.169. The molecular formula is C14H6ClF5O. The molecule has 1 nitrogen and oxygen atoms in total. The Morgan fingerprint density at radius 1 is 1.00 bits per heavy atom. The fraction of sp³-hybridized carbons (Fsp3) is 0.0714. The van der Waals surface area contributed by atoms with E-state index in [0.717, 1.165) is 24.3 Å². The summed E-state index contributed by atoms with van der Waals surface area (Å²) in [5.74, 6) is -3.03. The first-order chi connectivity index (χ1) is 9.70. The molecule has 0 unspecified atom stereocenters. The van der Waals surface area contributed by atoms with E-state index in [0.29, 0.717) is 12.1 Å². The second-order valence-corrected chi connectivity index (χ2v) is 4.55. The zero-order chi connectivity index (χ0) is 15.8. The molecule has 0 fully saturated rings. The molecule has 110 valence electrons. The predicted octanol–water partition coefficient (Wildman–Crippen LogP) is 4.87. The topological polar surface area (TPSA) is 17.1 Å². The minimum atomic E-state index is -4.92. The molecule has 0 N–H and O–H groups in total. The summed E-state index contributed by atoms with van der Waals surface area (Å²) in [7, 11) is 0. The minimum Gasteiger partial charge on any atom is -0.289 e. The van der Waals surface area contributed by atoms with Gasteiger partial charge in [0, 0.05) is 11.1 Å². The highest BCUT2D eigenvalue weighted by molar-refractivity contribution is 6.35. The molecule has 0 amide bonds. The van der Waals surface area contributed by atoms with Crippen molar-refractivity contribution in [2.24, 2.45) is 0 Å². The van der Waals surface area contributed by atoms with Gasteiger partial charge in [-0.15, -0.1) is 0 Å². The number of carbonyl (C=O) groups is 1. The first-order valence-corrected chi connectivity index (χ1v) is 5.94. The van der Waals surface area contributed by atoms with E-state index in [1.54, 1.807) is 0 Å². The molecule has 0 heterocycles. The molecule has 0 aliphatic carbocycles. The van der Waals surface area contributed by atoms with Crippen LogP contribution in [0.1, 0.15) is 21.5 Å².